The molecular weight excluding hydrogens is 310 g/mol. The summed E-state index contributed by atoms with van der Waals surface area (Å²) in [4.78, 5) is 34.6. The summed E-state index contributed by atoms with van der Waals surface area (Å²) in [5.41, 5.74) is -0.0665. The summed E-state index contributed by atoms with van der Waals surface area (Å²) < 4.78 is 9.53. The van der Waals surface area contributed by atoms with E-state index >= 15 is 0 Å². The Morgan fingerprint density at radius 2 is 1.86 bits per heavy atom. The summed E-state index contributed by atoms with van der Waals surface area (Å²) in [5, 5.41) is 2.66. The van der Waals surface area contributed by atoms with Crippen molar-refractivity contribution in [3.63, 3.8) is 0 Å². The van der Waals surface area contributed by atoms with Crippen LogP contribution < -0.4 is 5.32 Å². The first-order valence-corrected chi connectivity index (χ1v) is 6.90. The average molecular weight is 328 g/mol. The van der Waals surface area contributed by atoms with Gasteiger partial charge < -0.3 is 9.47 Å². The number of anilines is 1. The van der Waals surface area contributed by atoms with Crippen LogP contribution >= 0.6 is 11.6 Å². The molecule has 0 bridgehead atoms. The Kier molecular flexibility index (Phi) is 5.93. The zero-order valence-corrected chi connectivity index (χ0v) is 13.6. The number of nitrogens with one attached hydrogen (secondary N) is 1. The van der Waals surface area contributed by atoms with Gasteiger partial charge in [-0.2, -0.15) is 0 Å². The second kappa shape index (κ2) is 7.26. The lowest BCUT2D eigenvalue weighted by Crippen LogP contribution is -2.27. The number of ketones is 1. The Morgan fingerprint density at radius 3 is 2.36 bits per heavy atom. The van der Waals surface area contributed by atoms with Gasteiger partial charge in [-0.3, -0.25) is 14.9 Å². The highest BCUT2D eigenvalue weighted by atomic mass is 35.5. The van der Waals surface area contributed by atoms with Crippen LogP contribution in [0.1, 0.15) is 37.6 Å². The molecule has 120 valence electrons. The smallest absolute Gasteiger partial charge is 0.412 e. The van der Waals surface area contributed by atoms with E-state index in [-0.39, 0.29) is 17.0 Å². The Morgan fingerprint density at radius 1 is 1.23 bits per heavy atom. The van der Waals surface area contributed by atoms with Gasteiger partial charge in [-0.1, -0.05) is 11.6 Å². The van der Waals surface area contributed by atoms with Gasteiger partial charge in [0.15, 0.2) is 5.78 Å². The Bertz CT molecular complexity index is 592. The Balaban J connectivity index is 2.80. The number of carbonyl (C=O) groups excluding carboxylic acids is 3. The van der Waals surface area contributed by atoms with E-state index in [0.29, 0.717) is 5.69 Å². The molecule has 1 aromatic carbocycles. The highest BCUT2D eigenvalue weighted by Gasteiger charge is 2.18. The predicted octanol–water partition coefficient (Wildman–Crippen LogP) is 3.43. The van der Waals surface area contributed by atoms with Crippen LogP contribution in [0.5, 0.6) is 0 Å². The van der Waals surface area contributed by atoms with E-state index in [9.17, 15) is 14.4 Å². The van der Waals surface area contributed by atoms with Gasteiger partial charge in [0.25, 0.3) is 0 Å². The number of rotatable bonds is 4. The SMILES string of the molecule is COC(=O)CC(=O)c1ccc(NC(=O)OC(C)(C)C)c(Cl)c1. The predicted molar refractivity (Wildman–Crippen MR) is 82.3 cm³/mol. The van der Waals surface area contributed by atoms with Crippen LogP contribution in [0.2, 0.25) is 5.02 Å². The average Bonchev–Trinajstić information content (AvgIpc) is 2.38. The maximum atomic E-state index is 11.8. The molecule has 7 heteroatoms. The maximum absolute atomic E-state index is 11.8. The molecule has 0 aliphatic rings. The molecule has 1 rings (SSSR count). The minimum absolute atomic E-state index is 0.168. The number of Topliss-reactive ketones (excluding diaryl/α,β-unsaturated/α-hetero) is 1. The number of amides is 1. The molecule has 0 aliphatic carbocycles. The van der Waals surface area contributed by atoms with Gasteiger partial charge in [0.2, 0.25) is 0 Å². The van der Waals surface area contributed by atoms with E-state index in [1.54, 1.807) is 20.8 Å². The van der Waals surface area contributed by atoms with Crippen LogP contribution in [-0.4, -0.2) is 30.6 Å². The van der Waals surface area contributed by atoms with E-state index in [4.69, 9.17) is 16.3 Å². The first-order valence-electron chi connectivity index (χ1n) is 6.52. The fourth-order valence-corrected chi connectivity index (χ4v) is 1.74. The standard InChI is InChI=1S/C15H18ClNO5/c1-15(2,3)22-14(20)17-11-6-5-9(7-10(11)16)12(18)8-13(19)21-4/h5-7H,8H2,1-4H3,(H,17,20). The van der Waals surface area contributed by atoms with Gasteiger partial charge in [-0.15, -0.1) is 0 Å². The monoisotopic (exact) mass is 327 g/mol. The number of benzene rings is 1. The van der Waals surface area contributed by atoms with Crippen LogP contribution in [0.3, 0.4) is 0 Å². The minimum Gasteiger partial charge on any atom is -0.469 e. The minimum atomic E-state index is -0.650. The van der Waals surface area contributed by atoms with Crippen LogP contribution in [-0.2, 0) is 14.3 Å². The third kappa shape index (κ3) is 5.73. The number of ether oxygens (including phenoxy) is 2. The first kappa shape index (κ1) is 18.0. The Hall–Kier alpha value is -2.08. The fourth-order valence-electron chi connectivity index (χ4n) is 1.51. The summed E-state index contributed by atoms with van der Waals surface area (Å²) in [7, 11) is 1.20. The van der Waals surface area contributed by atoms with Gasteiger partial charge in [0.05, 0.1) is 17.8 Å². The molecule has 1 amide bonds. The molecule has 0 atom stereocenters. The number of hydrogen-bond acceptors (Lipinski definition) is 5. The van der Waals surface area contributed by atoms with Gasteiger partial charge in [0, 0.05) is 5.56 Å². The van der Waals surface area contributed by atoms with Crippen molar-refractivity contribution in [1.29, 1.82) is 0 Å². The second-order valence-electron chi connectivity index (χ2n) is 5.50. The molecule has 0 saturated heterocycles. The normalized spacial score (nSPS) is 10.8. The van der Waals surface area contributed by atoms with Crippen LogP contribution in [0.15, 0.2) is 18.2 Å². The summed E-state index contributed by atoms with van der Waals surface area (Å²) in [6.07, 6.45) is -1.02. The number of halogens is 1. The number of esters is 1. The zero-order chi connectivity index (χ0) is 16.9. The highest BCUT2D eigenvalue weighted by Crippen LogP contribution is 2.24. The van der Waals surface area contributed by atoms with E-state index in [1.165, 1.54) is 25.3 Å². The van der Waals surface area contributed by atoms with Crippen molar-refractivity contribution >= 4 is 35.1 Å². The van der Waals surface area contributed by atoms with Gasteiger partial charge in [-0.05, 0) is 39.0 Å². The summed E-state index contributed by atoms with van der Waals surface area (Å²) in [5.74, 6) is -1.05. The second-order valence-corrected chi connectivity index (χ2v) is 5.90. The number of carbonyl (C=O) groups is 3. The van der Waals surface area contributed by atoms with Crippen molar-refractivity contribution in [2.75, 3.05) is 12.4 Å². The molecule has 0 radical (unpaired) electrons. The van der Waals surface area contributed by atoms with E-state index in [2.05, 4.69) is 10.1 Å². The van der Waals surface area contributed by atoms with Crippen LogP contribution in [0.25, 0.3) is 0 Å². The molecular formula is C15H18ClNO5. The largest absolute Gasteiger partial charge is 0.469 e. The number of hydrogen-bond donors (Lipinski definition) is 1. The van der Waals surface area contributed by atoms with E-state index < -0.39 is 23.4 Å². The maximum Gasteiger partial charge on any atom is 0.412 e. The van der Waals surface area contributed by atoms with Crippen molar-refractivity contribution in [2.45, 2.75) is 32.8 Å². The van der Waals surface area contributed by atoms with Crippen LogP contribution in [0, 0.1) is 0 Å². The van der Waals surface area contributed by atoms with Gasteiger partial charge >= 0.3 is 12.1 Å². The van der Waals surface area contributed by atoms with Gasteiger partial charge in [0.1, 0.15) is 12.0 Å². The lowest BCUT2D eigenvalue weighted by molar-refractivity contribution is -0.139. The lowest BCUT2D eigenvalue weighted by atomic mass is 10.1. The number of methoxy groups -OCH3 is 1. The van der Waals surface area contributed by atoms with Crippen molar-refractivity contribution in [1.82, 2.24) is 0 Å². The molecule has 6 nitrogen and oxygen atoms in total. The third-order valence-corrected chi connectivity index (χ3v) is 2.77. The van der Waals surface area contributed by atoms with Crippen molar-refractivity contribution in [3.05, 3.63) is 28.8 Å². The molecule has 1 N–H and O–H groups in total. The van der Waals surface area contributed by atoms with E-state index in [1.807, 2.05) is 0 Å². The van der Waals surface area contributed by atoms with Crippen molar-refractivity contribution in [2.24, 2.45) is 0 Å². The lowest BCUT2D eigenvalue weighted by Gasteiger charge is -2.20. The molecule has 0 heterocycles. The molecule has 0 saturated carbocycles. The summed E-state index contributed by atoms with van der Waals surface area (Å²) >= 11 is 6.02. The first-order chi connectivity index (χ1) is 10.1. The molecule has 1 aromatic rings. The summed E-state index contributed by atoms with van der Waals surface area (Å²) in [6.45, 7) is 5.22. The topological polar surface area (TPSA) is 81.7 Å². The van der Waals surface area contributed by atoms with Crippen molar-refractivity contribution in [3.8, 4) is 0 Å². The molecule has 0 aliphatic heterocycles. The highest BCUT2D eigenvalue weighted by molar-refractivity contribution is 6.34. The molecule has 0 unspecified atom stereocenters. The Labute approximate surface area is 133 Å². The van der Waals surface area contributed by atoms with Crippen molar-refractivity contribution < 1.29 is 23.9 Å². The van der Waals surface area contributed by atoms with Crippen LogP contribution in [0.4, 0.5) is 10.5 Å². The molecule has 0 fully saturated rings. The molecule has 0 spiro atoms. The third-order valence-electron chi connectivity index (χ3n) is 2.46. The molecule has 22 heavy (non-hydrogen) atoms. The van der Waals surface area contributed by atoms with Gasteiger partial charge in [-0.25, -0.2) is 4.79 Å². The summed E-state index contributed by atoms with van der Waals surface area (Å²) in [6, 6.07) is 4.31. The molecule has 0 aromatic heterocycles. The zero-order valence-electron chi connectivity index (χ0n) is 12.9. The quantitative estimate of drug-likeness (QED) is 0.520. The van der Waals surface area contributed by atoms with E-state index in [0.717, 1.165) is 0 Å². The fraction of sp³-hybridized carbons (Fsp3) is 0.400.